The highest BCUT2D eigenvalue weighted by atomic mass is 16.5. The first kappa shape index (κ1) is 20.9. The van der Waals surface area contributed by atoms with Crippen LogP contribution >= 0.6 is 0 Å². The Morgan fingerprint density at radius 2 is 1.71 bits per heavy atom. The van der Waals surface area contributed by atoms with Crippen molar-refractivity contribution in [1.82, 2.24) is 5.32 Å². The molecule has 152 valence electrons. The number of benzene rings is 2. The molecular formula is C25H35NO2. The fourth-order valence-corrected chi connectivity index (χ4v) is 4.10. The van der Waals surface area contributed by atoms with E-state index in [1.807, 2.05) is 42.5 Å². The van der Waals surface area contributed by atoms with E-state index >= 15 is 0 Å². The van der Waals surface area contributed by atoms with Gasteiger partial charge in [0.15, 0.2) is 0 Å². The molecule has 0 radical (unpaired) electrons. The first-order valence-corrected chi connectivity index (χ1v) is 10.9. The van der Waals surface area contributed by atoms with Crippen LogP contribution in [0.4, 0.5) is 0 Å². The van der Waals surface area contributed by atoms with E-state index in [-0.39, 0.29) is 6.04 Å². The molecule has 3 nitrogen and oxygen atoms in total. The van der Waals surface area contributed by atoms with Crippen LogP contribution in [-0.2, 0) is 6.61 Å². The summed E-state index contributed by atoms with van der Waals surface area (Å²) in [6, 6.07) is 18.0. The molecule has 2 aromatic rings. The van der Waals surface area contributed by atoms with E-state index in [2.05, 4.69) is 24.4 Å². The van der Waals surface area contributed by atoms with Crippen molar-refractivity contribution in [2.45, 2.75) is 70.6 Å². The summed E-state index contributed by atoms with van der Waals surface area (Å²) in [5.74, 6) is 1.76. The van der Waals surface area contributed by atoms with Crippen LogP contribution in [-0.4, -0.2) is 17.7 Å². The molecule has 2 N–H and O–H groups in total. The average Bonchev–Trinajstić information content (AvgIpc) is 2.76. The van der Waals surface area contributed by atoms with E-state index in [4.69, 9.17) is 4.74 Å². The third kappa shape index (κ3) is 6.65. The summed E-state index contributed by atoms with van der Waals surface area (Å²) in [4.78, 5) is 0. The van der Waals surface area contributed by atoms with Crippen LogP contribution < -0.4 is 10.1 Å². The third-order valence-corrected chi connectivity index (χ3v) is 5.92. The first-order chi connectivity index (χ1) is 13.7. The van der Waals surface area contributed by atoms with Crippen LogP contribution in [0.3, 0.4) is 0 Å². The lowest BCUT2D eigenvalue weighted by Gasteiger charge is -2.23. The Bertz CT molecular complexity index is 665. The zero-order valence-electron chi connectivity index (χ0n) is 17.1. The molecule has 0 spiro atoms. The van der Waals surface area contributed by atoms with Gasteiger partial charge in [0.25, 0.3) is 0 Å². The van der Waals surface area contributed by atoms with Crippen molar-refractivity contribution in [2.24, 2.45) is 5.92 Å². The maximum atomic E-state index is 10.6. The molecule has 2 unspecified atom stereocenters. The molecule has 3 rings (SSSR count). The molecule has 0 bridgehead atoms. The molecular weight excluding hydrogens is 346 g/mol. The summed E-state index contributed by atoms with van der Waals surface area (Å²) in [6.07, 6.45) is 9.10. The van der Waals surface area contributed by atoms with Gasteiger partial charge >= 0.3 is 0 Å². The molecule has 2 atom stereocenters. The average molecular weight is 382 g/mol. The Morgan fingerprint density at radius 3 is 2.43 bits per heavy atom. The van der Waals surface area contributed by atoms with E-state index in [1.165, 1.54) is 44.9 Å². The second-order valence-electron chi connectivity index (χ2n) is 8.18. The summed E-state index contributed by atoms with van der Waals surface area (Å²) >= 11 is 0. The molecule has 2 aromatic carbocycles. The van der Waals surface area contributed by atoms with Gasteiger partial charge in [0.05, 0.1) is 6.10 Å². The van der Waals surface area contributed by atoms with Crippen molar-refractivity contribution in [1.29, 1.82) is 0 Å². The number of hydrogen-bond acceptors (Lipinski definition) is 3. The van der Waals surface area contributed by atoms with Crippen molar-refractivity contribution in [3.8, 4) is 5.75 Å². The first-order valence-electron chi connectivity index (χ1n) is 10.9. The molecule has 0 aliphatic heterocycles. The van der Waals surface area contributed by atoms with Gasteiger partial charge in [-0.1, -0.05) is 74.6 Å². The Balaban J connectivity index is 1.38. The summed E-state index contributed by atoms with van der Waals surface area (Å²) < 4.78 is 5.83. The van der Waals surface area contributed by atoms with Gasteiger partial charge in [-0.15, -0.1) is 0 Å². The van der Waals surface area contributed by atoms with Crippen molar-refractivity contribution < 1.29 is 9.84 Å². The van der Waals surface area contributed by atoms with Crippen LogP contribution in [0, 0.1) is 5.92 Å². The van der Waals surface area contributed by atoms with Gasteiger partial charge in [-0.05, 0) is 55.5 Å². The number of hydrogen-bond donors (Lipinski definition) is 2. The maximum absolute atomic E-state index is 10.6. The minimum absolute atomic E-state index is 0.0439. The Morgan fingerprint density at radius 1 is 1.00 bits per heavy atom. The van der Waals surface area contributed by atoms with Gasteiger partial charge in [0.2, 0.25) is 0 Å². The van der Waals surface area contributed by atoms with Crippen LogP contribution in [0.1, 0.15) is 69.1 Å². The quantitative estimate of drug-likeness (QED) is 0.524. The minimum atomic E-state index is -0.502. The Hall–Kier alpha value is -1.84. The van der Waals surface area contributed by atoms with Gasteiger partial charge in [-0.3, -0.25) is 0 Å². The minimum Gasteiger partial charge on any atom is -0.489 e. The van der Waals surface area contributed by atoms with Crippen molar-refractivity contribution in [2.75, 3.05) is 6.54 Å². The highest BCUT2D eigenvalue weighted by molar-refractivity contribution is 5.29. The third-order valence-electron chi connectivity index (χ3n) is 5.92. The summed E-state index contributed by atoms with van der Waals surface area (Å²) in [6.45, 7) is 3.60. The van der Waals surface area contributed by atoms with Crippen molar-refractivity contribution in [3.63, 3.8) is 0 Å². The molecule has 0 heterocycles. The molecule has 3 heteroatoms. The van der Waals surface area contributed by atoms with E-state index in [9.17, 15) is 5.11 Å². The van der Waals surface area contributed by atoms with Gasteiger partial charge in [-0.25, -0.2) is 0 Å². The number of aliphatic hydroxyl groups excluding tert-OH is 1. The van der Waals surface area contributed by atoms with Gasteiger partial charge in [-0.2, -0.15) is 0 Å². The molecule has 1 aliphatic carbocycles. The topological polar surface area (TPSA) is 41.5 Å². The van der Waals surface area contributed by atoms with Crippen LogP contribution in [0.2, 0.25) is 0 Å². The SMILES string of the molecule is CC(NCCCC1CCCCC1)C(O)c1ccc(OCc2ccccc2)cc1. The molecule has 0 aromatic heterocycles. The summed E-state index contributed by atoms with van der Waals surface area (Å²) in [7, 11) is 0. The molecule has 1 aliphatic rings. The normalized spacial score (nSPS) is 17.2. The molecule has 28 heavy (non-hydrogen) atoms. The van der Waals surface area contributed by atoms with Crippen molar-refractivity contribution in [3.05, 3.63) is 65.7 Å². The molecule has 0 amide bonds. The lowest BCUT2D eigenvalue weighted by molar-refractivity contribution is 0.135. The van der Waals surface area contributed by atoms with Crippen LogP contribution in [0.5, 0.6) is 5.75 Å². The predicted molar refractivity (Wildman–Crippen MR) is 115 cm³/mol. The zero-order valence-corrected chi connectivity index (χ0v) is 17.1. The van der Waals surface area contributed by atoms with E-state index < -0.39 is 6.10 Å². The maximum Gasteiger partial charge on any atom is 0.119 e. The lowest BCUT2D eigenvalue weighted by Crippen LogP contribution is -2.33. The molecule has 1 saturated carbocycles. The zero-order chi connectivity index (χ0) is 19.6. The molecule has 0 saturated heterocycles. The second-order valence-corrected chi connectivity index (χ2v) is 8.18. The highest BCUT2D eigenvalue weighted by Crippen LogP contribution is 2.27. The number of rotatable bonds is 10. The van der Waals surface area contributed by atoms with Gasteiger partial charge in [0, 0.05) is 6.04 Å². The van der Waals surface area contributed by atoms with E-state index in [0.717, 1.165) is 29.3 Å². The standard InChI is InChI=1S/C25H35NO2/c1-20(26-18-8-13-21-9-4-2-5-10-21)25(27)23-14-16-24(17-15-23)28-19-22-11-6-3-7-12-22/h3,6-7,11-12,14-17,20-21,25-27H,2,4-5,8-10,13,18-19H2,1H3. The van der Waals surface area contributed by atoms with Crippen molar-refractivity contribution >= 4 is 0 Å². The van der Waals surface area contributed by atoms with Crippen LogP contribution in [0.25, 0.3) is 0 Å². The van der Waals surface area contributed by atoms with Gasteiger partial charge in [0.1, 0.15) is 12.4 Å². The Kier molecular flexibility index (Phi) is 8.38. The van der Waals surface area contributed by atoms with E-state index in [1.54, 1.807) is 0 Å². The smallest absolute Gasteiger partial charge is 0.119 e. The predicted octanol–water partition coefficient (Wildman–Crippen LogP) is 5.64. The number of aliphatic hydroxyl groups is 1. The monoisotopic (exact) mass is 381 g/mol. The highest BCUT2D eigenvalue weighted by Gasteiger charge is 2.17. The van der Waals surface area contributed by atoms with Gasteiger partial charge < -0.3 is 15.2 Å². The van der Waals surface area contributed by atoms with E-state index in [0.29, 0.717) is 6.61 Å². The van der Waals surface area contributed by atoms with Crippen LogP contribution in [0.15, 0.2) is 54.6 Å². The number of ether oxygens (including phenoxy) is 1. The summed E-state index contributed by atoms with van der Waals surface area (Å²) in [5.41, 5.74) is 2.08. The lowest BCUT2D eigenvalue weighted by atomic mass is 9.86. The number of nitrogens with one attached hydrogen (secondary N) is 1. The summed E-state index contributed by atoms with van der Waals surface area (Å²) in [5, 5.41) is 14.1. The fourth-order valence-electron chi connectivity index (χ4n) is 4.10. The molecule has 1 fully saturated rings. The second kappa shape index (κ2) is 11.2. The fraction of sp³-hybridized carbons (Fsp3) is 0.520. The largest absolute Gasteiger partial charge is 0.489 e. The Labute approximate surface area is 170 Å².